The third-order valence-corrected chi connectivity index (χ3v) is 8.49. The standard InChI is InChI=1S/C18H12Cl2N2O5S3/c19-12-5-6-13(21-30(25,26)18-8-7-16(20)28-18)14(10-12)22-29(23,24)17-9-11-3-1-2-4-15(11)27-17/h1-10,21-22H. The van der Waals surface area contributed by atoms with E-state index in [9.17, 15) is 16.8 Å². The summed E-state index contributed by atoms with van der Waals surface area (Å²) in [5.41, 5.74) is 0.331. The Labute approximate surface area is 186 Å². The molecule has 0 saturated carbocycles. The molecule has 0 amide bonds. The molecule has 0 aliphatic heterocycles. The van der Waals surface area contributed by atoms with Gasteiger partial charge >= 0.3 is 0 Å². The molecule has 2 N–H and O–H groups in total. The Kier molecular flexibility index (Phi) is 5.45. The highest BCUT2D eigenvalue weighted by Gasteiger charge is 2.23. The molecule has 2 heterocycles. The predicted octanol–water partition coefficient (Wildman–Crippen LogP) is 5.40. The van der Waals surface area contributed by atoms with Crippen molar-refractivity contribution >= 4 is 76.9 Å². The molecular formula is C18H12Cl2N2O5S3. The van der Waals surface area contributed by atoms with E-state index in [-0.39, 0.29) is 25.7 Å². The number of anilines is 2. The Bertz CT molecular complexity index is 1430. The molecule has 7 nitrogen and oxygen atoms in total. The van der Waals surface area contributed by atoms with Crippen LogP contribution in [-0.4, -0.2) is 16.8 Å². The number of nitrogens with one attached hydrogen (secondary N) is 2. The minimum atomic E-state index is -4.16. The molecule has 30 heavy (non-hydrogen) atoms. The Morgan fingerprint density at radius 1 is 0.800 bits per heavy atom. The lowest BCUT2D eigenvalue weighted by Crippen LogP contribution is -2.16. The van der Waals surface area contributed by atoms with Crippen LogP contribution in [0.1, 0.15) is 0 Å². The summed E-state index contributed by atoms with van der Waals surface area (Å²) >= 11 is 12.7. The molecule has 0 spiro atoms. The Morgan fingerprint density at radius 3 is 2.23 bits per heavy atom. The third-order valence-electron chi connectivity index (χ3n) is 3.95. The van der Waals surface area contributed by atoms with Crippen LogP contribution >= 0.6 is 34.5 Å². The van der Waals surface area contributed by atoms with Crippen LogP contribution in [-0.2, 0) is 20.0 Å². The van der Waals surface area contributed by atoms with Gasteiger partial charge in [-0.3, -0.25) is 9.44 Å². The minimum absolute atomic E-state index is 0.0105. The Hall–Kier alpha value is -2.24. The maximum atomic E-state index is 12.8. The van der Waals surface area contributed by atoms with Gasteiger partial charge in [-0.15, -0.1) is 11.3 Å². The van der Waals surface area contributed by atoms with Crippen molar-refractivity contribution in [3.05, 3.63) is 70.0 Å². The number of para-hydroxylation sites is 1. The van der Waals surface area contributed by atoms with Crippen LogP contribution in [0.25, 0.3) is 11.0 Å². The molecular weight excluding hydrogens is 491 g/mol. The van der Waals surface area contributed by atoms with E-state index >= 15 is 0 Å². The number of sulfonamides is 2. The number of rotatable bonds is 6. The van der Waals surface area contributed by atoms with E-state index in [4.69, 9.17) is 27.6 Å². The molecule has 2 aromatic carbocycles. The zero-order valence-corrected chi connectivity index (χ0v) is 18.8. The summed E-state index contributed by atoms with van der Waals surface area (Å²) in [5.74, 6) is 0. The molecule has 4 rings (SSSR count). The molecule has 0 saturated heterocycles. The predicted molar refractivity (Wildman–Crippen MR) is 119 cm³/mol. The number of fused-ring (bicyclic) bond motifs is 1. The van der Waals surface area contributed by atoms with Crippen molar-refractivity contribution in [2.75, 3.05) is 9.44 Å². The SMILES string of the molecule is O=S(=O)(Nc1cc(Cl)ccc1NS(=O)(=O)c1ccc(Cl)s1)c1cc2ccccc2o1. The fraction of sp³-hybridized carbons (Fsp3) is 0. The van der Waals surface area contributed by atoms with Gasteiger partial charge in [-0.1, -0.05) is 41.4 Å². The molecule has 0 aliphatic carbocycles. The number of thiophene rings is 1. The van der Waals surface area contributed by atoms with Gasteiger partial charge in [0.25, 0.3) is 20.0 Å². The molecule has 0 unspecified atom stereocenters. The summed E-state index contributed by atoms with van der Waals surface area (Å²) in [6.45, 7) is 0. The van der Waals surface area contributed by atoms with E-state index in [1.165, 1.54) is 36.4 Å². The van der Waals surface area contributed by atoms with E-state index in [1.807, 2.05) is 0 Å². The van der Waals surface area contributed by atoms with Gasteiger partial charge < -0.3 is 4.42 Å². The molecule has 0 atom stereocenters. The van der Waals surface area contributed by atoms with Crippen LogP contribution in [0.3, 0.4) is 0 Å². The molecule has 12 heteroatoms. The van der Waals surface area contributed by atoms with Gasteiger partial charge in [-0.2, -0.15) is 8.42 Å². The van der Waals surface area contributed by atoms with Crippen molar-refractivity contribution in [1.82, 2.24) is 0 Å². The lowest BCUT2D eigenvalue weighted by Gasteiger charge is -2.13. The smallest absolute Gasteiger partial charge is 0.295 e. The summed E-state index contributed by atoms with van der Waals surface area (Å²) in [6.07, 6.45) is 0. The van der Waals surface area contributed by atoms with Crippen LogP contribution in [0.2, 0.25) is 9.36 Å². The number of halogens is 2. The quantitative estimate of drug-likeness (QED) is 0.367. The van der Waals surface area contributed by atoms with Crippen molar-refractivity contribution in [3.8, 4) is 0 Å². The highest BCUT2D eigenvalue weighted by Crippen LogP contribution is 2.33. The topological polar surface area (TPSA) is 105 Å². The fourth-order valence-electron chi connectivity index (χ4n) is 2.61. The molecule has 0 aliphatic rings. The van der Waals surface area contributed by atoms with Gasteiger partial charge in [-0.25, -0.2) is 8.42 Å². The average Bonchev–Trinajstić information content (AvgIpc) is 3.30. The zero-order valence-electron chi connectivity index (χ0n) is 14.8. The average molecular weight is 503 g/mol. The second-order valence-corrected chi connectivity index (χ2v) is 11.7. The largest absolute Gasteiger partial charge is 0.443 e. The second-order valence-electron chi connectivity index (χ2n) is 6.06. The van der Waals surface area contributed by atoms with E-state index in [0.29, 0.717) is 15.3 Å². The number of hydrogen-bond donors (Lipinski definition) is 2. The molecule has 0 radical (unpaired) electrons. The molecule has 0 bridgehead atoms. The number of benzene rings is 2. The van der Waals surface area contributed by atoms with Gasteiger partial charge in [0.15, 0.2) is 0 Å². The summed E-state index contributed by atoms with van der Waals surface area (Å²) in [6, 6.07) is 15.1. The maximum Gasteiger partial charge on any atom is 0.295 e. The van der Waals surface area contributed by atoms with Gasteiger partial charge in [0, 0.05) is 16.5 Å². The highest BCUT2D eigenvalue weighted by atomic mass is 35.5. The van der Waals surface area contributed by atoms with Gasteiger partial charge in [-0.05, 0) is 36.4 Å². The van der Waals surface area contributed by atoms with Crippen LogP contribution < -0.4 is 9.44 Å². The van der Waals surface area contributed by atoms with Crippen molar-refractivity contribution in [2.45, 2.75) is 9.30 Å². The molecule has 156 valence electrons. The molecule has 0 fully saturated rings. The van der Waals surface area contributed by atoms with Crippen molar-refractivity contribution < 1.29 is 21.3 Å². The summed E-state index contributed by atoms with van der Waals surface area (Å²) < 4.78 is 61.3. The zero-order chi connectivity index (χ0) is 21.5. The van der Waals surface area contributed by atoms with Crippen LogP contribution in [0.5, 0.6) is 0 Å². The van der Waals surface area contributed by atoms with Gasteiger partial charge in [0.1, 0.15) is 9.79 Å². The lowest BCUT2D eigenvalue weighted by molar-refractivity contribution is 0.484. The second kappa shape index (κ2) is 7.78. The van der Waals surface area contributed by atoms with Crippen molar-refractivity contribution in [1.29, 1.82) is 0 Å². The van der Waals surface area contributed by atoms with E-state index < -0.39 is 20.0 Å². The van der Waals surface area contributed by atoms with Crippen LogP contribution in [0.4, 0.5) is 11.4 Å². The maximum absolute atomic E-state index is 12.8. The summed E-state index contributed by atoms with van der Waals surface area (Å²) in [7, 11) is -8.15. The monoisotopic (exact) mass is 502 g/mol. The van der Waals surface area contributed by atoms with Crippen molar-refractivity contribution in [2.24, 2.45) is 0 Å². The first-order valence-electron chi connectivity index (χ1n) is 8.23. The van der Waals surface area contributed by atoms with E-state index in [0.717, 1.165) is 11.3 Å². The third kappa shape index (κ3) is 4.28. The highest BCUT2D eigenvalue weighted by molar-refractivity contribution is 7.94. The molecule has 2 aromatic heterocycles. The van der Waals surface area contributed by atoms with E-state index in [1.54, 1.807) is 24.3 Å². The van der Waals surface area contributed by atoms with Crippen LogP contribution in [0.15, 0.2) is 74.4 Å². The van der Waals surface area contributed by atoms with Crippen LogP contribution in [0, 0.1) is 0 Å². The fourth-order valence-corrected chi connectivity index (χ4v) is 6.39. The number of hydrogen-bond acceptors (Lipinski definition) is 6. The Balaban J connectivity index is 1.69. The number of furan rings is 1. The summed E-state index contributed by atoms with van der Waals surface area (Å²) in [4.78, 5) is 0. The minimum Gasteiger partial charge on any atom is -0.443 e. The van der Waals surface area contributed by atoms with Gasteiger partial charge in [0.05, 0.1) is 15.7 Å². The first-order valence-corrected chi connectivity index (χ1v) is 12.8. The Morgan fingerprint density at radius 2 is 1.53 bits per heavy atom. The van der Waals surface area contributed by atoms with E-state index in [2.05, 4.69) is 9.44 Å². The first kappa shape index (κ1) is 21.0. The van der Waals surface area contributed by atoms with Gasteiger partial charge in [0.2, 0.25) is 5.09 Å². The summed E-state index contributed by atoms with van der Waals surface area (Å²) in [5, 5.41) is 0.501. The van der Waals surface area contributed by atoms with Crippen molar-refractivity contribution in [3.63, 3.8) is 0 Å². The lowest BCUT2D eigenvalue weighted by atomic mass is 10.3. The first-order chi connectivity index (χ1) is 14.1. The normalized spacial score (nSPS) is 12.2. The molecule has 4 aromatic rings.